The van der Waals surface area contributed by atoms with Crippen molar-refractivity contribution in [2.45, 2.75) is 13.8 Å². The van der Waals surface area contributed by atoms with E-state index in [2.05, 4.69) is 28.5 Å². The van der Waals surface area contributed by atoms with Crippen molar-refractivity contribution >= 4 is 24.1 Å². The summed E-state index contributed by atoms with van der Waals surface area (Å²) in [5.41, 5.74) is 1.53. The van der Waals surface area contributed by atoms with Gasteiger partial charge in [0.15, 0.2) is 0 Å². The minimum absolute atomic E-state index is 0.209. The fraction of sp³-hybridized carbons (Fsp3) is 0.375. The molecule has 0 fully saturated rings. The molecular formula is C16H22FN3O. The highest BCUT2D eigenvalue weighted by molar-refractivity contribution is 6.01. The predicted octanol–water partition coefficient (Wildman–Crippen LogP) is 2.95. The summed E-state index contributed by atoms with van der Waals surface area (Å²) in [7, 11) is 1.97. The largest absolute Gasteiger partial charge is 0.351 e. The first kappa shape index (κ1) is 17.0. The molecule has 21 heavy (non-hydrogen) atoms. The van der Waals surface area contributed by atoms with Gasteiger partial charge in [0.25, 0.3) is 5.91 Å². The smallest absolute Gasteiger partial charge is 0.253 e. The second-order valence-corrected chi connectivity index (χ2v) is 4.92. The van der Waals surface area contributed by atoms with E-state index in [1.165, 1.54) is 0 Å². The molecule has 0 saturated heterocycles. The number of aliphatic imine (C=N–C) groups is 1. The molecule has 0 aromatic heterocycles. The number of amides is 1. The predicted molar refractivity (Wildman–Crippen MR) is 86.0 cm³/mol. The molecule has 0 saturated carbocycles. The van der Waals surface area contributed by atoms with Crippen LogP contribution in [-0.2, 0) is 0 Å². The lowest BCUT2D eigenvalue weighted by Gasteiger charge is -2.15. The first-order valence-electron chi connectivity index (χ1n) is 6.83. The Bertz CT molecular complexity index is 555. The highest BCUT2D eigenvalue weighted by Gasteiger charge is 2.16. The number of hydrogen-bond donors (Lipinski definition) is 1. The molecule has 1 rings (SSSR count). The van der Waals surface area contributed by atoms with Crippen LogP contribution in [0.2, 0.25) is 0 Å². The van der Waals surface area contributed by atoms with Crippen molar-refractivity contribution in [2.75, 3.05) is 26.7 Å². The quantitative estimate of drug-likeness (QED) is 0.785. The Kier molecular flexibility index (Phi) is 6.24. The summed E-state index contributed by atoms with van der Waals surface area (Å²) in [6, 6.07) is 3.28. The van der Waals surface area contributed by atoms with Gasteiger partial charge in [-0.1, -0.05) is 13.5 Å². The van der Waals surface area contributed by atoms with Crippen LogP contribution in [0.15, 0.2) is 23.7 Å². The Morgan fingerprint density at radius 2 is 2.05 bits per heavy atom. The molecular weight excluding hydrogens is 269 g/mol. The molecule has 0 unspecified atom stereocenters. The zero-order valence-corrected chi connectivity index (χ0v) is 12.9. The Morgan fingerprint density at radius 1 is 1.43 bits per heavy atom. The van der Waals surface area contributed by atoms with Crippen LogP contribution in [0.3, 0.4) is 0 Å². The molecule has 0 bridgehead atoms. The van der Waals surface area contributed by atoms with Gasteiger partial charge in [-0.25, -0.2) is 4.39 Å². The second-order valence-electron chi connectivity index (χ2n) is 4.92. The third-order valence-corrected chi connectivity index (χ3v) is 3.27. The molecule has 0 aliphatic rings. The van der Waals surface area contributed by atoms with Crippen molar-refractivity contribution in [3.63, 3.8) is 0 Å². The van der Waals surface area contributed by atoms with Crippen LogP contribution in [0.4, 0.5) is 10.1 Å². The molecule has 0 radical (unpaired) electrons. The Labute approximate surface area is 125 Å². The molecule has 1 amide bonds. The van der Waals surface area contributed by atoms with Crippen LogP contribution in [-0.4, -0.2) is 44.2 Å². The number of benzene rings is 1. The number of carbonyl (C=O) groups is 1. The first-order valence-corrected chi connectivity index (χ1v) is 6.83. The number of hydrogen-bond acceptors (Lipinski definition) is 3. The SMILES string of the molecule is C=Nc1c(C(=C)F)cc(C)cc1C(=O)NCCN(C)CC. The Morgan fingerprint density at radius 3 is 2.57 bits per heavy atom. The number of aryl methyl sites for hydroxylation is 1. The molecule has 0 aliphatic heterocycles. The Balaban J connectivity index is 2.98. The lowest BCUT2D eigenvalue weighted by molar-refractivity contribution is 0.0951. The molecule has 5 heteroatoms. The van der Waals surface area contributed by atoms with Gasteiger partial charge in [-0.05, 0) is 44.9 Å². The maximum atomic E-state index is 13.5. The van der Waals surface area contributed by atoms with E-state index in [1.807, 2.05) is 14.0 Å². The van der Waals surface area contributed by atoms with E-state index in [-0.39, 0.29) is 17.2 Å². The van der Waals surface area contributed by atoms with E-state index >= 15 is 0 Å². The molecule has 1 N–H and O–H groups in total. The average Bonchev–Trinajstić information content (AvgIpc) is 2.45. The van der Waals surface area contributed by atoms with Gasteiger partial charge in [0.05, 0.1) is 11.3 Å². The summed E-state index contributed by atoms with van der Waals surface area (Å²) in [5, 5.41) is 2.81. The highest BCUT2D eigenvalue weighted by atomic mass is 19.1. The minimum Gasteiger partial charge on any atom is -0.351 e. The van der Waals surface area contributed by atoms with Gasteiger partial charge in [-0.2, -0.15) is 0 Å². The minimum atomic E-state index is -0.624. The van der Waals surface area contributed by atoms with Gasteiger partial charge in [0.2, 0.25) is 0 Å². The van der Waals surface area contributed by atoms with E-state index in [9.17, 15) is 9.18 Å². The van der Waals surface area contributed by atoms with E-state index in [1.54, 1.807) is 19.1 Å². The number of nitrogens with zero attached hydrogens (tertiary/aromatic N) is 2. The van der Waals surface area contributed by atoms with Crippen molar-refractivity contribution in [1.82, 2.24) is 10.2 Å². The molecule has 0 heterocycles. The number of rotatable bonds is 7. The van der Waals surface area contributed by atoms with Gasteiger partial charge in [-0.3, -0.25) is 9.79 Å². The fourth-order valence-electron chi connectivity index (χ4n) is 1.94. The van der Waals surface area contributed by atoms with Gasteiger partial charge < -0.3 is 10.2 Å². The van der Waals surface area contributed by atoms with Crippen molar-refractivity contribution < 1.29 is 9.18 Å². The lowest BCUT2D eigenvalue weighted by atomic mass is 10.0. The molecule has 4 nitrogen and oxygen atoms in total. The molecule has 0 atom stereocenters. The van der Waals surface area contributed by atoms with E-state index in [4.69, 9.17) is 0 Å². The number of carbonyl (C=O) groups excluding carboxylic acids is 1. The normalized spacial score (nSPS) is 10.5. The van der Waals surface area contributed by atoms with Crippen molar-refractivity contribution in [2.24, 2.45) is 4.99 Å². The Hall–Kier alpha value is -2.01. The van der Waals surface area contributed by atoms with E-state index in [0.29, 0.717) is 12.1 Å². The maximum Gasteiger partial charge on any atom is 0.253 e. The maximum absolute atomic E-state index is 13.5. The molecule has 1 aromatic carbocycles. The van der Waals surface area contributed by atoms with Crippen LogP contribution in [0.1, 0.15) is 28.4 Å². The number of likely N-dealkylation sites (N-methyl/N-ethyl adjacent to an activating group) is 1. The number of nitrogens with one attached hydrogen (secondary N) is 1. The summed E-state index contributed by atoms with van der Waals surface area (Å²) < 4.78 is 13.5. The lowest BCUT2D eigenvalue weighted by Crippen LogP contribution is -2.33. The van der Waals surface area contributed by atoms with Gasteiger partial charge in [0.1, 0.15) is 5.83 Å². The summed E-state index contributed by atoms with van der Waals surface area (Å²) >= 11 is 0. The fourth-order valence-corrected chi connectivity index (χ4v) is 1.94. The van der Waals surface area contributed by atoms with Crippen molar-refractivity contribution in [3.8, 4) is 0 Å². The topological polar surface area (TPSA) is 44.7 Å². The van der Waals surface area contributed by atoms with Crippen LogP contribution in [0.25, 0.3) is 5.83 Å². The summed E-state index contributed by atoms with van der Waals surface area (Å²) in [6.45, 7) is 12.7. The molecule has 0 aliphatic carbocycles. The summed E-state index contributed by atoms with van der Waals surface area (Å²) in [6.07, 6.45) is 0. The van der Waals surface area contributed by atoms with Crippen LogP contribution >= 0.6 is 0 Å². The summed E-state index contributed by atoms with van der Waals surface area (Å²) in [5.74, 6) is -0.908. The van der Waals surface area contributed by atoms with Crippen LogP contribution < -0.4 is 5.32 Å². The van der Waals surface area contributed by atoms with Crippen LogP contribution in [0, 0.1) is 6.92 Å². The zero-order chi connectivity index (χ0) is 16.0. The monoisotopic (exact) mass is 291 g/mol. The molecule has 114 valence electrons. The van der Waals surface area contributed by atoms with Crippen molar-refractivity contribution in [3.05, 3.63) is 35.4 Å². The van der Waals surface area contributed by atoms with E-state index in [0.717, 1.165) is 18.7 Å². The molecule has 1 aromatic rings. The second kappa shape index (κ2) is 7.69. The third-order valence-electron chi connectivity index (χ3n) is 3.27. The average molecular weight is 291 g/mol. The van der Waals surface area contributed by atoms with Gasteiger partial charge in [-0.15, -0.1) is 0 Å². The summed E-state index contributed by atoms with van der Waals surface area (Å²) in [4.78, 5) is 18.1. The van der Waals surface area contributed by atoms with Gasteiger partial charge >= 0.3 is 0 Å². The third kappa shape index (κ3) is 4.49. The zero-order valence-electron chi connectivity index (χ0n) is 12.9. The first-order chi connectivity index (χ1) is 9.90. The molecule has 0 spiro atoms. The van der Waals surface area contributed by atoms with E-state index < -0.39 is 5.83 Å². The highest BCUT2D eigenvalue weighted by Crippen LogP contribution is 2.31. The standard InChI is InChI=1S/C16H22FN3O/c1-6-20(5)8-7-19-16(21)14-10-11(2)9-13(12(3)17)15(14)18-4/h9-10H,3-4,6-8H2,1-2,5H3,(H,19,21). The van der Waals surface area contributed by atoms with Gasteiger partial charge in [0, 0.05) is 18.7 Å². The van der Waals surface area contributed by atoms with Crippen LogP contribution in [0.5, 0.6) is 0 Å². The number of halogens is 1. The van der Waals surface area contributed by atoms with Crippen molar-refractivity contribution in [1.29, 1.82) is 0 Å².